The van der Waals surface area contributed by atoms with Gasteiger partial charge in [-0.15, -0.1) is 0 Å². The number of imidazole rings is 1. The van der Waals surface area contributed by atoms with E-state index in [2.05, 4.69) is 15.0 Å². The second-order valence-electron chi connectivity index (χ2n) is 4.29. The van der Waals surface area contributed by atoms with Crippen molar-refractivity contribution in [2.75, 3.05) is 0 Å². The van der Waals surface area contributed by atoms with Crippen molar-refractivity contribution in [2.24, 2.45) is 0 Å². The number of hydrogen-bond acceptors (Lipinski definition) is 2. The Bertz CT molecular complexity index is 687. The third kappa shape index (κ3) is 2.37. The molecule has 3 nitrogen and oxygen atoms in total. The monoisotopic (exact) mass is 269 g/mol. The molecule has 0 unspecified atom stereocenters. The van der Waals surface area contributed by atoms with E-state index in [1.807, 2.05) is 49.5 Å². The van der Waals surface area contributed by atoms with Crippen LogP contribution in [0.1, 0.15) is 5.69 Å². The summed E-state index contributed by atoms with van der Waals surface area (Å²) in [6.45, 7) is 1.98. The Labute approximate surface area is 116 Å². The smallest absolute Gasteiger partial charge is 0.138 e. The fourth-order valence-electron chi connectivity index (χ4n) is 2.00. The molecule has 0 fully saturated rings. The number of nitrogens with zero attached hydrogens (tertiary/aromatic N) is 2. The van der Waals surface area contributed by atoms with Crippen molar-refractivity contribution < 1.29 is 0 Å². The van der Waals surface area contributed by atoms with Crippen LogP contribution in [0.4, 0.5) is 0 Å². The van der Waals surface area contributed by atoms with Crippen LogP contribution in [0.2, 0.25) is 5.02 Å². The third-order valence-electron chi connectivity index (χ3n) is 2.95. The van der Waals surface area contributed by atoms with Crippen LogP contribution in [-0.4, -0.2) is 15.0 Å². The van der Waals surface area contributed by atoms with E-state index in [4.69, 9.17) is 11.6 Å². The van der Waals surface area contributed by atoms with E-state index in [9.17, 15) is 0 Å². The molecule has 0 saturated carbocycles. The Hall–Kier alpha value is -2.13. The Balaban J connectivity index is 2.04. The summed E-state index contributed by atoms with van der Waals surface area (Å²) in [5, 5.41) is 0.722. The number of aromatic amines is 1. The maximum absolute atomic E-state index is 5.89. The van der Waals surface area contributed by atoms with Gasteiger partial charge in [-0.1, -0.05) is 11.6 Å². The first-order chi connectivity index (χ1) is 9.24. The molecule has 19 heavy (non-hydrogen) atoms. The highest BCUT2D eigenvalue weighted by Crippen LogP contribution is 2.25. The van der Waals surface area contributed by atoms with Gasteiger partial charge in [0.2, 0.25) is 0 Å². The lowest BCUT2D eigenvalue weighted by Gasteiger charge is -1.98. The van der Waals surface area contributed by atoms with E-state index in [1.165, 1.54) is 0 Å². The third-order valence-corrected chi connectivity index (χ3v) is 3.20. The average molecular weight is 270 g/mol. The van der Waals surface area contributed by atoms with E-state index < -0.39 is 0 Å². The lowest BCUT2D eigenvalue weighted by molar-refractivity contribution is 1.25. The Kier molecular flexibility index (Phi) is 3.05. The molecule has 3 rings (SSSR count). The van der Waals surface area contributed by atoms with Crippen molar-refractivity contribution >= 4 is 11.6 Å². The molecule has 3 aromatic rings. The number of nitrogens with one attached hydrogen (secondary N) is 1. The van der Waals surface area contributed by atoms with Crippen molar-refractivity contribution in [3.05, 3.63) is 59.5 Å². The zero-order valence-corrected chi connectivity index (χ0v) is 11.1. The van der Waals surface area contributed by atoms with Gasteiger partial charge in [0.15, 0.2) is 0 Å². The molecular weight excluding hydrogens is 258 g/mol. The van der Waals surface area contributed by atoms with E-state index in [0.717, 1.165) is 33.4 Å². The predicted octanol–water partition coefficient (Wildman–Crippen LogP) is 4.10. The highest BCUT2D eigenvalue weighted by Gasteiger charge is 2.09. The molecule has 1 aromatic carbocycles. The minimum atomic E-state index is 0.722. The molecule has 0 aliphatic heterocycles. The second kappa shape index (κ2) is 4.86. The lowest BCUT2D eigenvalue weighted by Crippen LogP contribution is -1.82. The number of hydrogen-bond donors (Lipinski definition) is 1. The maximum Gasteiger partial charge on any atom is 0.138 e. The zero-order chi connectivity index (χ0) is 13.2. The van der Waals surface area contributed by atoms with Gasteiger partial charge in [0.25, 0.3) is 0 Å². The topological polar surface area (TPSA) is 41.6 Å². The molecule has 0 amide bonds. The molecule has 94 valence electrons. The van der Waals surface area contributed by atoms with Gasteiger partial charge in [0, 0.05) is 28.5 Å². The van der Waals surface area contributed by atoms with Crippen LogP contribution in [0.3, 0.4) is 0 Å². The molecule has 0 radical (unpaired) electrons. The second-order valence-corrected chi connectivity index (χ2v) is 4.73. The fourth-order valence-corrected chi connectivity index (χ4v) is 2.12. The molecule has 0 bridgehead atoms. The summed E-state index contributed by atoms with van der Waals surface area (Å²) >= 11 is 5.89. The summed E-state index contributed by atoms with van der Waals surface area (Å²) in [6.07, 6.45) is 3.58. The normalized spacial score (nSPS) is 10.6. The van der Waals surface area contributed by atoms with E-state index in [1.54, 1.807) is 6.20 Å². The molecule has 0 spiro atoms. The summed E-state index contributed by atoms with van der Waals surface area (Å²) in [5.74, 6) is 0.841. The summed E-state index contributed by atoms with van der Waals surface area (Å²) in [4.78, 5) is 12.0. The predicted molar refractivity (Wildman–Crippen MR) is 77.0 cm³/mol. The van der Waals surface area contributed by atoms with Crippen molar-refractivity contribution in [2.45, 2.75) is 6.92 Å². The summed E-state index contributed by atoms with van der Waals surface area (Å²) in [7, 11) is 0. The molecule has 0 aliphatic rings. The molecule has 0 aliphatic carbocycles. The van der Waals surface area contributed by atoms with Gasteiger partial charge in [-0.25, -0.2) is 4.98 Å². The van der Waals surface area contributed by atoms with Crippen LogP contribution < -0.4 is 0 Å². The van der Waals surface area contributed by atoms with Crippen molar-refractivity contribution in [1.82, 2.24) is 15.0 Å². The van der Waals surface area contributed by atoms with Gasteiger partial charge >= 0.3 is 0 Å². The van der Waals surface area contributed by atoms with E-state index in [0.29, 0.717) is 0 Å². The van der Waals surface area contributed by atoms with E-state index >= 15 is 0 Å². The lowest BCUT2D eigenvalue weighted by atomic mass is 10.2. The number of aromatic nitrogens is 3. The van der Waals surface area contributed by atoms with Crippen LogP contribution >= 0.6 is 11.6 Å². The number of rotatable bonds is 2. The molecule has 0 atom stereocenters. The van der Waals surface area contributed by atoms with Crippen LogP contribution in [0.15, 0.2) is 48.8 Å². The van der Waals surface area contributed by atoms with Crippen LogP contribution in [0.25, 0.3) is 22.6 Å². The van der Waals surface area contributed by atoms with Crippen molar-refractivity contribution in [1.29, 1.82) is 0 Å². The van der Waals surface area contributed by atoms with Gasteiger partial charge < -0.3 is 4.98 Å². The largest absolute Gasteiger partial charge is 0.338 e. The van der Waals surface area contributed by atoms with Gasteiger partial charge in [-0.3, -0.25) is 4.98 Å². The molecular formula is C15H12ClN3. The van der Waals surface area contributed by atoms with Gasteiger partial charge in [-0.2, -0.15) is 0 Å². The minimum Gasteiger partial charge on any atom is -0.338 e. The number of benzene rings is 1. The van der Waals surface area contributed by atoms with Crippen molar-refractivity contribution in [3.8, 4) is 22.6 Å². The van der Waals surface area contributed by atoms with Gasteiger partial charge in [0.05, 0.1) is 11.4 Å². The van der Waals surface area contributed by atoms with Crippen LogP contribution in [0, 0.1) is 6.92 Å². The molecule has 1 N–H and O–H groups in total. The standard InChI is InChI=1S/C15H12ClN3/c1-10-14(12-3-2-8-17-9-12)19-15(18-10)11-4-6-13(16)7-5-11/h2-9H,1H3,(H,18,19). The zero-order valence-electron chi connectivity index (χ0n) is 10.4. The first-order valence-corrected chi connectivity index (χ1v) is 6.35. The molecule has 2 heterocycles. The number of aryl methyl sites for hydroxylation is 1. The van der Waals surface area contributed by atoms with Crippen LogP contribution in [-0.2, 0) is 0 Å². The average Bonchev–Trinajstić information content (AvgIpc) is 2.83. The number of H-pyrrole nitrogens is 1. The highest BCUT2D eigenvalue weighted by atomic mass is 35.5. The first-order valence-electron chi connectivity index (χ1n) is 5.97. The van der Waals surface area contributed by atoms with Crippen LogP contribution in [0.5, 0.6) is 0 Å². The number of halogens is 1. The van der Waals surface area contributed by atoms with Crippen molar-refractivity contribution in [3.63, 3.8) is 0 Å². The minimum absolute atomic E-state index is 0.722. The van der Waals surface area contributed by atoms with E-state index in [-0.39, 0.29) is 0 Å². The summed E-state index contributed by atoms with van der Waals surface area (Å²) in [5.41, 5.74) is 4.01. The van der Waals surface area contributed by atoms with Gasteiger partial charge in [-0.05, 0) is 43.3 Å². The maximum atomic E-state index is 5.89. The summed E-state index contributed by atoms with van der Waals surface area (Å²) < 4.78 is 0. The Morgan fingerprint density at radius 3 is 2.53 bits per heavy atom. The quantitative estimate of drug-likeness (QED) is 0.761. The van der Waals surface area contributed by atoms with Gasteiger partial charge in [0.1, 0.15) is 5.82 Å². The number of pyridine rings is 1. The Morgan fingerprint density at radius 1 is 1.05 bits per heavy atom. The molecule has 2 aromatic heterocycles. The summed E-state index contributed by atoms with van der Waals surface area (Å²) in [6, 6.07) is 11.6. The first kappa shape index (κ1) is 11.9. The Morgan fingerprint density at radius 2 is 1.84 bits per heavy atom. The fraction of sp³-hybridized carbons (Fsp3) is 0.0667. The highest BCUT2D eigenvalue weighted by molar-refractivity contribution is 6.30. The molecule has 0 saturated heterocycles. The SMILES string of the molecule is Cc1nc(-c2ccc(Cl)cc2)[nH]c1-c1cccnc1. The molecule has 4 heteroatoms.